The predicted octanol–water partition coefficient (Wildman–Crippen LogP) is 4.21. The maximum Gasteiger partial charge on any atom is 0.413 e. The first-order valence-electron chi connectivity index (χ1n) is 8.88. The summed E-state index contributed by atoms with van der Waals surface area (Å²) >= 11 is 1.26. The first-order chi connectivity index (χ1) is 13.6. The maximum absolute atomic E-state index is 12.0. The van der Waals surface area contributed by atoms with Crippen molar-refractivity contribution in [2.24, 2.45) is 0 Å². The number of aryl methyl sites for hydroxylation is 1. The second-order valence-electron chi connectivity index (χ2n) is 6.02. The second kappa shape index (κ2) is 9.23. The standard InChI is InChI=1S/C21H21N3O3S/c1-3-27-21(26)23-19(25)14-28-20-22-13-18(16-7-5-4-6-8-16)24(20)17-11-9-15(2)10-12-17/h4-13H,3,14H2,1-2H3,(H,23,25,26). The van der Waals surface area contributed by atoms with Gasteiger partial charge in [-0.3, -0.25) is 14.7 Å². The van der Waals surface area contributed by atoms with Crippen LogP contribution in [0, 0.1) is 6.92 Å². The van der Waals surface area contributed by atoms with Crippen LogP contribution in [0.1, 0.15) is 12.5 Å². The van der Waals surface area contributed by atoms with E-state index in [1.54, 1.807) is 13.1 Å². The van der Waals surface area contributed by atoms with Gasteiger partial charge in [0.1, 0.15) is 0 Å². The van der Waals surface area contributed by atoms with E-state index in [-0.39, 0.29) is 12.4 Å². The van der Waals surface area contributed by atoms with Gasteiger partial charge in [0.05, 0.1) is 24.3 Å². The Morgan fingerprint density at radius 1 is 1.11 bits per heavy atom. The quantitative estimate of drug-likeness (QED) is 0.633. The van der Waals surface area contributed by atoms with Gasteiger partial charge in [-0.1, -0.05) is 59.8 Å². The van der Waals surface area contributed by atoms with Gasteiger partial charge in [0.25, 0.3) is 0 Å². The molecule has 28 heavy (non-hydrogen) atoms. The molecule has 7 heteroatoms. The summed E-state index contributed by atoms with van der Waals surface area (Å²) in [7, 11) is 0. The first-order valence-corrected chi connectivity index (χ1v) is 9.86. The SMILES string of the molecule is CCOC(=O)NC(=O)CSc1ncc(-c2ccccc2)n1-c1ccc(C)cc1. The van der Waals surface area contributed by atoms with E-state index >= 15 is 0 Å². The second-order valence-corrected chi connectivity index (χ2v) is 6.96. The number of rotatable bonds is 6. The number of ether oxygens (including phenoxy) is 1. The molecular formula is C21H21N3O3S. The number of alkyl carbamates (subject to hydrolysis) is 1. The number of thioether (sulfide) groups is 1. The number of hydrogen-bond acceptors (Lipinski definition) is 5. The van der Waals surface area contributed by atoms with Gasteiger partial charge in [-0.2, -0.15) is 0 Å². The molecule has 0 unspecified atom stereocenters. The lowest BCUT2D eigenvalue weighted by molar-refractivity contribution is -0.117. The van der Waals surface area contributed by atoms with Crippen LogP contribution in [0.15, 0.2) is 66.0 Å². The highest BCUT2D eigenvalue weighted by molar-refractivity contribution is 7.99. The fourth-order valence-electron chi connectivity index (χ4n) is 2.64. The molecule has 0 aliphatic heterocycles. The molecular weight excluding hydrogens is 374 g/mol. The van der Waals surface area contributed by atoms with Crippen LogP contribution in [0.4, 0.5) is 4.79 Å². The average molecular weight is 395 g/mol. The molecule has 0 saturated carbocycles. The average Bonchev–Trinajstić information content (AvgIpc) is 3.12. The summed E-state index contributed by atoms with van der Waals surface area (Å²) in [5.74, 6) is -0.376. The number of nitrogens with one attached hydrogen (secondary N) is 1. The van der Waals surface area contributed by atoms with Crippen molar-refractivity contribution in [3.05, 3.63) is 66.4 Å². The van der Waals surface area contributed by atoms with Crippen LogP contribution in [-0.4, -0.2) is 33.9 Å². The summed E-state index contributed by atoms with van der Waals surface area (Å²) < 4.78 is 6.74. The maximum atomic E-state index is 12.0. The minimum atomic E-state index is -0.736. The monoisotopic (exact) mass is 395 g/mol. The molecule has 6 nitrogen and oxygen atoms in total. The Labute approximate surface area is 167 Å². The van der Waals surface area contributed by atoms with Crippen LogP contribution in [0.2, 0.25) is 0 Å². The Bertz CT molecular complexity index is 953. The number of benzene rings is 2. The van der Waals surface area contributed by atoms with E-state index in [0.717, 1.165) is 22.5 Å². The number of imidazole rings is 1. The molecule has 2 amide bonds. The Morgan fingerprint density at radius 2 is 1.82 bits per heavy atom. The van der Waals surface area contributed by atoms with Crippen molar-refractivity contribution in [1.29, 1.82) is 0 Å². The highest BCUT2D eigenvalue weighted by Crippen LogP contribution is 2.29. The minimum Gasteiger partial charge on any atom is -0.450 e. The molecule has 0 atom stereocenters. The van der Waals surface area contributed by atoms with Gasteiger partial charge in [0, 0.05) is 11.3 Å². The van der Waals surface area contributed by atoms with Gasteiger partial charge in [-0.25, -0.2) is 9.78 Å². The third kappa shape index (κ3) is 4.80. The van der Waals surface area contributed by atoms with Gasteiger partial charge >= 0.3 is 6.09 Å². The smallest absolute Gasteiger partial charge is 0.413 e. The van der Waals surface area contributed by atoms with E-state index in [9.17, 15) is 9.59 Å². The summed E-state index contributed by atoms with van der Waals surface area (Å²) in [5, 5.41) is 2.87. The minimum absolute atomic E-state index is 0.0515. The van der Waals surface area contributed by atoms with Crippen molar-refractivity contribution in [3.8, 4) is 16.9 Å². The zero-order valence-corrected chi connectivity index (χ0v) is 16.5. The van der Waals surface area contributed by atoms with Crippen LogP contribution in [0.5, 0.6) is 0 Å². The summed E-state index contributed by atoms with van der Waals surface area (Å²) in [6, 6.07) is 18.1. The molecule has 0 fully saturated rings. The third-order valence-corrected chi connectivity index (χ3v) is 4.89. The predicted molar refractivity (Wildman–Crippen MR) is 110 cm³/mol. The highest BCUT2D eigenvalue weighted by Gasteiger charge is 2.16. The number of carbonyl (C=O) groups is 2. The largest absolute Gasteiger partial charge is 0.450 e. The molecule has 3 rings (SSSR count). The zero-order valence-electron chi connectivity index (χ0n) is 15.7. The molecule has 0 aliphatic carbocycles. The number of carbonyl (C=O) groups excluding carboxylic acids is 2. The van der Waals surface area contributed by atoms with E-state index in [0.29, 0.717) is 5.16 Å². The van der Waals surface area contributed by atoms with Crippen LogP contribution < -0.4 is 5.32 Å². The van der Waals surface area contributed by atoms with E-state index < -0.39 is 12.0 Å². The molecule has 0 spiro atoms. The van der Waals surface area contributed by atoms with Crippen molar-refractivity contribution < 1.29 is 14.3 Å². The summed E-state index contributed by atoms with van der Waals surface area (Å²) in [5.41, 5.74) is 4.07. The van der Waals surface area contributed by atoms with Gasteiger partial charge in [-0.05, 0) is 26.0 Å². The fraction of sp³-hybridized carbons (Fsp3) is 0.190. The Hall–Kier alpha value is -3.06. The molecule has 1 heterocycles. The lowest BCUT2D eigenvalue weighted by Gasteiger charge is -2.12. The molecule has 1 aromatic heterocycles. The molecule has 0 aliphatic rings. The van der Waals surface area contributed by atoms with Gasteiger partial charge < -0.3 is 4.74 Å². The molecule has 1 N–H and O–H groups in total. The Balaban J connectivity index is 1.87. The van der Waals surface area contributed by atoms with Crippen molar-refractivity contribution in [1.82, 2.24) is 14.9 Å². The third-order valence-electron chi connectivity index (χ3n) is 3.94. The van der Waals surface area contributed by atoms with Gasteiger partial charge in [-0.15, -0.1) is 0 Å². The number of nitrogens with zero attached hydrogens (tertiary/aromatic N) is 2. The molecule has 0 radical (unpaired) electrons. The number of aromatic nitrogens is 2. The molecule has 3 aromatic rings. The number of imide groups is 1. The number of hydrogen-bond donors (Lipinski definition) is 1. The highest BCUT2D eigenvalue weighted by atomic mass is 32.2. The van der Waals surface area contributed by atoms with Crippen LogP contribution in [0.25, 0.3) is 16.9 Å². The van der Waals surface area contributed by atoms with Crippen molar-refractivity contribution in [3.63, 3.8) is 0 Å². The summed E-state index contributed by atoms with van der Waals surface area (Å²) in [6.07, 6.45) is 1.06. The van der Waals surface area contributed by atoms with Gasteiger partial charge in [0.15, 0.2) is 5.16 Å². The van der Waals surface area contributed by atoms with Gasteiger partial charge in [0.2, 0.25) is 5.91 Å². The molecule has 2 aromatic carbocycles. The first kappa shape index (κ1) is 19.7. The number of amides is 2. The van der Waals surface area contributed by atoms with Crippen molar-refractivity contribution >= 4 is 23.8 Å². The van der Waals surface area contributed by atoms with Crippen molar-refractivity contribution in [2.45, 2.75) is 19.0 Å². The van der Waals surface area contributed by atoms with Crippen LogP contribution >= 0.6 is 11.8 Å². The fourth-order valence-corrected chi connectivity index (χ4v) is 3.43. The van der Waals surface area contributed by atoms with E-state index in [2.05, 4.69) is 10.3 Å². The molecule has 0 bridgehead atoms. The van der Waals surface area contributed by atoms with Crippen LogP contribution in [0.3, 0.4) is 0 Å². The normalized spacial score (nSPS) is 10.5. The Morgan fingerprint density at radius 3 is 2.50 bits per heavy atom. The summed E-state index contributed by atoms with van der Waals surface area (Å²) in [4.78, 5) is 27.9. The lowest BCUT2D eigenvalue weighted by atomic mass is 10.1. The van der Waals surface area contributed by atoms with Crippen LogP contribution in [-0.2, 0) is 9.53 Å². The summed E-state index contributed by atoms with van der Waals surface area (Å²) in [6.45, 7) is 3.93. The Kier molecular flexibility index (Phi) is 6.49. The topological polar surface area (TPSA) is 73.2 Å². The van der Waals surface area contributed by atoms with E-state index in [1.807, 2.05) is 66.1 Å². The van der Waals surface area contributed by atoms with E-state index in [1.165, 1.54) is 11.8 Å². The molecule has 0 saturated heterocycles. The molecule has 144 valence electrons. The zero-order chi connectivity index (χ0) is 19.9. The lowest BCUT2D eigenvalue weighted by Crippen LogP contribution is -2.32. The van der Waals surface area contributed by atoms with Crippen molar-refractivity contribution in [2.75, 3.05) is 12.4 Å². The van der Waals surface area contributed by atoms with E-state index in [4.69, 9.17) is 4.74 Å².